The minimum atomic E-state index is -0.385. The maximum absolute atomic E-state index is 6.54. The zero-order valence-corrected chi connectivity index (χ0v) is 20.6. The lowest BCUT2D eigenvalue weighted by atomic mass is 9.86. The Hall–Kier alpha value is -3.62. The smallest absolute Gasteiger partial charge is 0.222 e. The lowest BCUT2D eigenvalue weighted by Crippen LogP contribution is -2.29. The number of anilines is 2. The fourth-order valence-electron chi connectivity index (χ4n) is 4.51. The second-order valence-electron chi connectivity index (χ2n) is 8.43. The molecule has 1 aliphatic heterocycles. The van der Waals surface area contributed by atoms with Crippen LogP contribution in [0.2, 0.25) is 5.15 Å². The summed E-state index contributed by atoms with van der Waals surface area (Å²) < 4.78 is 14.1. The second kappa shape index (κ2) is 9.56. The summed E-state index contributed by atoms with van der Waals surface area (Å²) in [7, 11) is 3.64. The van der Waals surface area contributed by atoms with Crippen molar-refractivity contribution in [2.75, 3.05) is 37.9 Å². The second-order valence-corrected chi connectivity index (χ2v) is 8.82. The normalized spacial score (nSPS) is 17.1. The van der Waals surface area contributed by atoms with Crippen LogP contribution in [0.5, 0.6) is 5.75 Å². The number of imidazole rings is 1. The molecule has 0 saturated heterocycles. The van der Waals surface area contributed by atoms with E-state index in [1.54, 1.807) is 19.6 Å². The molecule has 2 aromatic carbocycles. The molecule has 180 valence electrons. The van der Waals surface area contributed by atoms with Gasteiger partial charge in [-0.3, -0.25) is 0 Å². The van der Waals surface area contributed by atoms with Crippen LogP contribution in [0.3, 0.4) is 0 Å². The summed E-state index contributed by atoms with van der Waals surface area (Å²) in [5.74, 6) is 1.65. The first-order valence-electron chi connectivity index (χ1n) is 11.4. The summed E-state index contributed by atoms with van der Waals surface area (Å²) in [6.45, 7) is 3.30. The number of halogens is 1. The van der Waals surface area contributed by atoms with Crippen molar-refractivity contribution in [1.82, 2.24) is 19.5 Å². The van der Waals surface area contributed by atoms with Gasteiger partial charge in [0.1, 0.15) is 29.2 Å². The Labute approximate surface area is 209 Å². The number of methoxy groups -OCH3 is 1. The van der Waals surface area contributed by atoms with Crippen molar-refractivity contribution in [1.29, 1.82) is 0 Å². The Morgan fingerprint density at radius 2 is 1.97 bits per heavy atom. The summed E-state index contributed by atoms with van der Waals surface area (Å²) in [4.78, 5) is 15.5. The first-order chi connectivity index (χ1) is 17.0. The molecule has 35 heavy (non-hydrogen) atoms. The number of nitrogen functional groups attached to an aromatic ring is 1. The van der Waals surface area contributed by atoms with Gasteiger partial charge in [-0.2, -0.15) is 4.98 Å². The molecule has 8 nitrogen and oxygen atoms in total. The maximum atomic E-state index is 6.54. The number of fused-ring (bicyclic) bond motifs is 1. The van der Waals surface area contributed by atoms with E-state index in [2.05, 4.69) is 33.9 Å². The van der Waals surface area contributed by atoms with Crippen molar-refractivity contribution >= 4 is 23.4 Å². The molecule has 0 spiro atoms. The Morgan fingerprint density at radius 1 is 1.17 bits per heavy atom. The van der Waals surface area contributed by atoms with Gasteiger partial charge in [-0.05, 0) is 30.2 Å². The molecule has 2 N–H and O–H groups in total. The van der Waals surface area contributed by atoms with Gasteiger partial charge in [-0.1, -0.05) is 48.0 Å². The van der Waals surface area contributed by atoms with E-state index < -0.39 is 0 Å². The maximum Gasteiger partial charge on any atom is 0.222 e. The molecular formula is C26H27ClN6O2. The fraction of sp³-hybridized carbons (Fsp3) is 0.269. The zero-order valence-electron chi connectivity index (χ0n) is 19.9. The predicted octanol–water partition coefficient (Wildman–Crippen LogP) is 4.61. The summed E-state index contributed by atoms with van der Waals surface area (Å²) >= 11 is 6.03. The van der Waals surface area contributed by atoms with Crippen LogP contribution in [0.4, 0.5) is 11.8 Å². The predicted molar refractivity (Wildman–Crippen MR) is 137 cm³/mol. The average molecular weight is 491 g/mol. The molecule has 9 heteroatoms. The van der Waals surface area contributed by atoms with Gasteiger partial charge in [0, 0.05) is 19.8 Å². The molecule has 0 bridgehead atoms. The van der Waals surface area contributed by atoms with Crippen molar-refractivity contribution < 1.29 is 9.47 Å². The van der Waals surface area contributed by atoms with Crippen LogP contribution in [-0.2, 0) is 4.74 Å². The molecule has 4 aromatic rings. The Bertz CT molecular complexity index is 1340. The number of benzene rings is 2. The average Bonchev–Trinajstić information content (AvgIpc) is 3.33. The van der Waals surface area contributed by atoms with E-state index in [9.17, 15) is 0 Å². The molecule has 0 fully saturated rings. The van der Waals surface area contributed by atoms with Gasteiger partial charge in [0.05, 0.1) is 36.6 Å². The third-order valence-corrected chi connectivity index (χ3v) is 6.56. The molecule has 1 aliphatic rings. The van der Waals surface area contributed by atoms with Crippen molar-refractivity contribution in [2.24, 2.45) is 0 Å². The van der Waals surface area contributed by atoms with E-state index in [4.69, 9.17) is 31.8 Å². The molecule has 0 radical (unpaired) electrons. The lowest BCUT2D eigenvalue weighted by molar-refractivity contribution is 0.0586. The minimum absolute atomic E-state index is 0.0500. The van der Waals surface area contributed by atoms with Gasteiger partial charge >= 0.3 is 0 Å². The molecule has 3 heterocycles. The highest BCUT2D eigenvalue weighted by molar-refractivity contribution is 6.29. The SMILES string of the molecule is CCN(C)c1nc(N)nc2c1C(c1ccc(-n3cnc(Cl)c3)c(OC)c1)OCC2c1ccccc1. The minimum Gasteiger partial charge on any atom is -0.495 e. The first kappa shape index (κ1) is 23.1. The van der Waals surface area contributed by atoms with E-state index in [-0.39, 0.29) is 18.0 Å². The third kappa shape index (κ3) is 4.31. The number of ether oxygens (including phenoxy) is 2. The van der Waals surface area contributed by atoms with Crippen LogP contribution >= 0.6 is 11.6 Å². The topological polar surface area (TPSA) is 91.3 Å². The molecule has 5 rings (SSSR count). The van der Waals surface area contributed by atoms with Crippen molar-refractivity contribution in [2.45, 2.75) is 18.9 Å². The van der Waals surface area contributed by atoms with Crippen molar-refractivity contribution in [3.8, 4) is 11.4 Å². The quantitative estimate of drug-likeness (QED) is 0.422. The standard InChI is InChI=1S/C26H27ClN6O2/c1-4-32(2)25-22-23(30-26(28)31-25)18(16-8-6-5-7-9-16)14-35-24(22)17-10-11-19(20(12-17)34-3)33-13-21(27)29-15-33/h5-13,15,18,24H,4,14H2,1-3H3,(H2,28,30,31). The van der Waals surface area contributed by atoms with E-state index in [1.165, 1.54) is 0 Å². The Balaban J connectivity index is 1.66. The van der Waals surface area contributed by atoms with Crippen LogP contribution in [0.25, 0.3) is 5.69 Å². The van der Waals surface area contributed by atoms with Gasteiger partial charge in [0.25, 0.3) is 0 Å². The largest absolute Gasteiger partial charge is 0.495 e. The van der Waals surface area contributed by atoms with E-state index in [1.807, 2.05) is 48.0 Å². The van der Waals surface area contributed by atoms with Crippen LogP contribution in [0, 0.1) is 0 Å². The first-order valence-corrected chi connectivity index (χ1v) is 11.8. The molecule has 2 aromatic heterocycles. The summed E-state index contributed by atoms with van der Waals surface area (Å²) in [6, 6.07) is 16.2. The molecule has 0 saturated carbocycles. The van der Waals surface area contributed by atoms with Gasteiger partial charge in [0.15, 0.2) is 0 Å². The highest BCUT2D eigenvalue weighted by Crippen LogP contribution is 2.44. The summed E-state index contributed by atoms with van der Waals surface area (Å²) in [6.07, 6.45) is 3.01. The number of hydrogen-bond acceptors (Lipinski definition) is 7. The number of nitrogens with zero attached hydrogens (tertiary/aromatic N) is 5. The van der Waals surface area contributed by atoms with Gasteiger partial charge in [0.2, 0.25) is 5.95 Å². The van der Waals surface area contributed by atoms with Crippen LogP contribution in [0.15, 0.2) is 61.1 Å². The van der Waals surface area contributed by atoms with Gasteiger partial charge in [-0.15, -0.1) is 0 Å². The summed E-state index contributed by atoms with van der Waals surface area (Å²) in [5, 5.41) is 0.412. The Kier molecular flexibility index (Phi) is 6.32. The van der Waals surface area contributed by atoms with Crippen LogP contribution in [0.1, 0.15) is 41.3 Å². The zero-order chi connectivity index (χ0) is 24.5. The molecule has 0 amide bonds. The van der Waals surface area contributed by atoms with Gasteiger partial charge < -0.3 is 24.7 Å². The molecule has 2 unspecified atom stereocenters. The lowest BCUT2D eigenvalue weighted by Gasteiger charge is -2.34. The molecule has 2 atom stereocenters. The number of hydrogen-bond donors (Lipinski definition) is 1. The van der Waals surface area contributed by atoms with E-state index in [0.717, 1.165) is 40.4 Å². The molecule has 0 aliphatic carbocycles. The molecular weight excluding hydrogens is 464 g/mol. The Morgan fingerprint density at radius 3 is 2.66 bits per heavy atom. The highest BCUT2D eigenvalue weighted by Gasteiger charge is 2.36. The van der Waals surface area contributed by atoms with Crippen molar-refractivity contribution in [3.63, 3.8) is 0 Å². The van der Waals surface area contributed by atoms with Crippen LogP contribution in [-0.4, -0.2) is 46.8 Å². The van der Waals surface area contributed by atoms with Crippen LogP contribution < -0.4 is 15.4 Å². The monoisotopic (exact) mass is 490 g/mol. The van der Waals surface area contributed by atoms with Crippen molar-refractivity contribution in [3.05, 3.63) is 88.6 Å². The van der Waals surface area contributed by atoms with E-state index >= 15 is 0 Å². The van der Waals surface area contributed by atoms with E-state index in [0.29, 0.717) is 17.5 Å². The van der Waals surface area contributed by atoms with Gasteiger partial charge in [-0.25, -0.2) is 9.97 Å². The highest BCUT2D eigenvalue weighted by atomic mass is 35.5. The number of aromatic nitrogens is 4. The third-order valence-electron chi connectivity index (χ3n) is 6.37. The number of nitrogens with two attached hydrogens (primary N) is 1. The summed E-state index contributed by atoms with van der Waals surface area (Å²) in [5.41, 5.74) is 10.9. The fourth-order valence-corrected chi connectivity index (χ4v) is 4.66. The number of rotatable bonds is 6.